The first-order chi connectivity index (χ1) is 8.37. The molecule has 0 aromatic heterocycles. The molecule has 0 aliphatic rings. The Morgan fingerprint density at radius 2 is 1.72 bits per heavy atom. The summed E-state index contributed by atoms with van der Waals surface area (Å²) in [4.78, 5) is 0. The van der Waals surface area contributed by atoms with Gasteiger partial charge in [0.15, 0.2) is 0 Å². The summed E-state index contributed by atoms with van der Waals surface area (Å²) in [5, 5.41) is 3.33. The molecule has 4 heteroatoms. The highest BCUT2D eigenvalue weighted by Crippen LogP contribution is 2.05. The summed E-state index contributed by atoms with van der Waals surface area (Å²) in [5.41, 5.74) is 1.32. The molecule has 18 heavy (non-hydrogen) atoms. The van der Waals surface area contributed by atoms with Crippen molar-refractivity contribution in [2.75, 3.05) is 12.0 Å². The van der Waals surface area contributed by atoms with Crippen LogP contribution in [0.4, 0.5) is 0 Å². The van der Waals surface area contributed by atoms with Gasteiger partial charge in [-0.2, -0.15) is 0 Å². The molecule has 3 nitrogen and oxygen atoms in total. The zero-order valence-corrected chi connectivity index (χ0v) is 12.2. The van der Waals surface area contributed by atoms with Gasteiger partial charge in [0.25, 0.3) is 0 Å². The van der Waals surface area contributed by atoms with E-state index in [9.17, 15) is 8.42 Å². The van der Waals surface area contributed by atoms with Crippen LogP contribution in [0.1, 0.15) is 25.8 Å². The number of aryl methyl sites for hydroxylation is 1. The molecule has 1 aromatic rings. The lowest BCUT2D eigenvalue weighted by Crippen LogP contribution is -2.39. The molecule has 0 fully saturated rings. The van der Waals surface area contributed by atoms with Crippen molar-refractivity contribution in [1.82, 2.24) is 5.32 Å². The molecule has 102 valence electrons. The summed E-state index contributed by atoms with van der Waals surface area (Å²) >= 11 is 0. The van der Waals surface area contributed by atoms with Crippen molar-refractivity contribution in [1.29, 1.82) is 0 Å². The Morgan fingerprint density at radius 1 is 1.11 bits per heavy atom. The largest absolute Gasteiger partial charge is 0.311 e. The second kappa shape index (κ2) is 6.90. The number of benzene rings is 1. The summed E-state index contributed by atoms with van der Waals surface area (Å²) in [6, 6.07) is 10.7. The maximum atomic E-state index is 11.2. The van der Waals surface area contributed by atoms with Crippen LogP contribution < -0.4 is 5.32 Å². The smallest absolute Gasteiger partial charge is 0.148 e. The van der Waals surface area contributed by atoms with E-state index in [1.807, 2.05) is 25.1 Å². The van der Waals surface area contributed by atoms with E-state index in [-0.39, 0.29) is 11.8 Å². The molecule has 0 saturated carbocycles. The molecule has 0 bridgehead atoms. The van der Waals surface area contributed by atoms with Crippen LogP contribution >= 0.6 is 0 Å². The standard InChI is InChI=1S/C14H23NO2S/c1-12(15-13(2)11-18(3,16)17)9-10-14-7-5-4-6-8-14/h4-8,12-13,15H,9-11H2,1-3H3. The first-order valence-electron chi connectivity index (χ1n) is 6.34. The van der Waals surface area contributed by atoms with Crippen molar-refractivity contribution in [3.05, 3.63) is 35.9 Å². The molecule has 1 N–H and O–H groups in total. The normalized spacial score (nSPS) is 15.3. The quantitative estimate of drug-likeness (QED) is 0.824. The van der Waals surface area contributed by atoms with Crippen LogP contribution in [-0.4, -0.2) is 32.5 Å². The van der Waals surface area contributed by atoms with E-state index >= 15 is 0 Å². The molecule has 2 atom stereocenters. The lowest BCUT2D eigenvalue weighted by atomic mass is 10.1. The van der Waals surface area contributed by atoms with Crippen molar-refractivity contribution in [2.45, 2.75) is 38.8 Å². The number of sulfone groups is 1. The van der Waals surface area contributed by atoms with Gasteiger partial charge in [0.05, 0.1) is 5.75 Å². The first-order valence-corrected chi connectivity index (χ1v) is 8.40. The van der Waals surface area contributed by atoms with Crippen molar-refractivity contribution in [3.63, 3.8) is 0 Å². The third-order valence-corrected chi connectivity index (χ3v) is 3.94. The van der Waals surface area contributed by atoms with Crippen molar-refractivity contribution < 1.29 is 8.42 Å². The molecule has 1 rings (SSSR count). The molecule has 1 aromatic carbocycles. The Bertz CT molecular complexity index is 442. The van der Waals surface area contributed by atoms with Crippen LogP contribution in [0.2, 0.25) is 0 Å². The number of nitrogens with one attached hydrogen (secondary N) is 1. The molecule has 0 heterocycles. The van der Waals surface area contributed by atoms with Gasteiger partial charge in [0.1, 0.15) is 9.84 Å². The van der Waals surface area contributed by atoms with Gasteiger partial charge in [-0.3, -0.25) is 0 Å². The highest BCUT2D eigenvalue weighted by atomic mass is 32.2. The van der Waals surface area contributed by atoms with Crippen LogP contribution in [-0.2, 0) is 16.3 Å². The first kappa shape index (κ1) is 15.2. The van der Waals surface area contributed by atoms with Crippen LogP contribution in [0.15, 0.2) is 30.3 Å². The monoisotopic (exact) mass is 269 g/mol. The summed E-state index contributed by atoms with van der Waals surface area (Å²) in [5.74, 6) is 0.197. The van der Waals surface area contributed by atoms with E-state index in [4.69, 9.17) is 0 Å². The minimum atomic E-state index is -2.90. The van der Waals surface area contributed by atoms with Crippen LogP contribution in [0.25, 0.3) is 0 Å². The van der Waals surface area contributed by atoms with Gasteiger partial charge in [-0.1, -0.05) is 30.3 Å². The molecular formula is C14H23NO2S. The minimum absolute atomic E-state index is 0.00535. The topological polar surface area (TPSA) is 46.2 Å². The zero-order valence-electron chi connectivity index (χ0n) is 11.4. The van der Waals surface area contributed by atoms with E-state index in [0.29, 0.717) is 6.04 Å². The summed E-state index contributed by atoms with van der Waals surface area (Å²) in [6.45, 7) is 4.02. The molecule has 0 saturated heterocycles. The van der Waals surface area contributed by atoms with Crippen LogP contribution in [0.5, 0.6) is 0 Å². The lowest BCUT2D eigenvalue weighted by molar-refractivity contribution is 0.464. The zero-order chi connectivity index (χ0) is 13.6. The fourth-order valence-electron chi connectivity index (χ4n) is 2.10. The average molecular weight is 269 g/mol. The van der Waals surface area contributed by atoms with Gasteiger partial charge in [0, 0.05) is 18.3 Å². The lowest BCUT2D eigenvalue weighted by Gasteiger charge is -2.19. The van der Waals surface area contributed by atoms with E-state index in [1.165, 1.54) is 11.8 Å². The second-order valence-electron chi connectivity index (χ2n) is 5.09. The van der Waals surface area contributed by atoms with Crippen molar-refractivity contribution >= 4 is 9.84 Å². The molecule has 0 spiro atoms. The highest BCUT2D eigenvalue weighted by molar-refractivity contribution is 7.90. The summed E-state index contributed by atoms with van der Waals surface area (Å²) in [6.07, 6.45) is 3.30. The Kier molecular flexibility index (Phi) is 5.82. The average Bonchev–Trinajstić information content (AvgIpc) is 2.25. The highest BCUT2D eigenvalue weighted by Gasteiger charge is 2.12. The molecule has 2 unspecified atom stereocenters. The fourth-order valence-corrected chi connectivity index (χ4v) is 3.10. The fraction of sp³-hybridized carbons (Fsp3) is 0.571. The van der Waals surface area contributed by atoms with Gasteiger partial charge in [-0.15, -0.1) is 0 Å². The van der Waals surface area contributed by atoms with E-state index < -0.39 is 9.84 Å². The van der Waals surface area contributed by atoms with Crippen LogP contribution in [0.3, 0.4) is 0 Å². The van der Waals surface area contributed by atoms with Gasteiger partial charge in [-0.25, -0.2) is 8.42 Å². The Morgan fingerprint density at radius 3 is 2.28 bits per heavy atom. The summed E-state index contributed by atoms with van der Waals surface area (Å²) in [7, 11) is -2.90. The molecule has 0 radical (unpaired) electrons. The van der Waals surface area contributed by atoms with Crippen LogP contribution in [0, 0.1) is 0 Å². The Hall–Kier alpha value is -0.870. The van der Waals surface area contributed by atoms with Crippen molar-refractivity contribution in [3.8, 4) is 0 Å². The van der Waals surface area contributed by atoms with Gasteiger partial charge < -0.3 is 5.32 Å². The molecule has 0 aliphatic heterocycles. The van der Waals surface area contributed by atoms with E-state index in [1.54, 1.807) is 0 Å². The Balaban J connectivity index is 2.31. The number of hydrogen-bond donors (Lipinski definition) is 1. The predicted molar refractivity (Wildman–Crippen MR) is 76.5 cm³/mol. The minimum Gasteiger partial charge on any atom is -0.311 e. The van der Waals surface area contributed by atoms with Gasteiger partial charge >= 0.3 is 0 Å². The summed E-state index contributed by atoms with van der Waals surface area (Å²) < 4.78 is 22.3. The molecule has 0 amide bonds. The predicted octanol–water partition coefficient (Wildman–Crippen LogP) is 2.03. The van der Waals surface area contributed by atoms with Crippen molar-refractivity contribution in [2.24, 2.45) is 0 Å². The maximum Gasteiger partial charge on any atom is 0.148 e. The van der Waals surface area contributed by atoms with Gasteiger partial charge in [0.2, 0.25) is 0 Å². The third kappa shape index (κ3) is 6.77. The second-order valence-corrected chi connectivity index (χ2v) is 7.27. The SMILES string of the molecule is CC(CCc1ccccc1)NC(C)CS(C)(=O)=O. The number of rotatable bonds is 7. The van der Waals surface area contributed by atoms with E-state index in [2.05, 4.69) is 24.4 Å². The number of hydrogen-bond acceptors (Lipinski definition) is 3. The molecule has 0 aliphatic carbocycles. The molecular weight excluding hydrogens is 246 g/mol. The van der Waals surface area contributed by atoms with Gasteiger partial charge in [-0.05, 0) is 32.3 Å². The maximum absolute atomic E-state index is 11.2. The Labute approximate surface area is 111 Å². The third-order valence-electron chi connectivity index (χ3n) is 2.83. The van der Waals surface area contributed by atoms with E-state index in [0.717, 1.165) is 12.8 Å².